The maximum absolute atomic E-state index is 11.8. The summed E-state index contributed by atoms with van der Waals surface area (Å²) in [5.74, 6) is 0.00861. The molecule has 6 heteroatoms. The van der Waals surface area contributed by atoms with E-state index in [2.05, 4.69) is 15.6 Å². The van der Waals surface area contributed by atoms with Gasteiger partial charge in [0.05, 0.1) is 11.2 Å². The number of rotatable bonds is 2. The third kappa shape index (κ3) is 3.43. The van der Waals surface area contributed by atoms with Gasteiger partial charge in [0.2, 0.25) is 0 Å². The molecule has 16 heavy (non-hydrogen) atoms. The van der Waals surface area contributed by atoms with Gasteiger partial charge >= 0.3 is 0 Å². The van der Waals surface area contributed by atoms with Crippen molar-refractivity contribution < 1.29 is 4.79 Å². The Labute approximate surface area is 105 Å². The van der Waals surface area contributed by atoms with Crippen molar-refractivity contribution in [3.8, 4) is 0 Å². The molecule has 1 amide bonds. The first-order chi connectivity index (χ1) is 7.25. The lowest BCUT2D eigenvalue weighted by atomic mass is 10.1. The molecule has 0 saturated carbocycles. The van der Waals surface area contributed by atoms with Crippen LogP contribution < -0.4 is 10.6 Å². The van der Waals surface area contributed by atoms with Gasteiger partial charge in [-0.15, -0.1) is 23.7 Å². The van der Waals surface area contributed by atoms with Crippen LogP contribution in [0.5, 0.6) is 0 Å². The fourth-order valence-corrected chi connectivity index (χ4v) is 2.38. The Bertz CT molecular complexity index is 350. The molecule has 0 aliphatic carbocycles. The molecule has 2 rings (SSSR count). The fourth-order valence-electron chi connectivity index (χ4n) is 1.70. The Morgan fingerprint density at radius 3 is 3.06 bits per heavy atom. The van der Waals surface area contributed by atoms with E-state index in [1.807, 2.05) is 6.92 Å². The van der Waals surface area contributed by atoms with Crippen LogP contribution in [0.2, 0.25) is 0 Å². The average Bonchev–Trinajstić information content (AvgIpc) is 2.66. The zero-order valence-corrected chi connectivity index (χ0v) is 10.8. The molecule has 1 aliphatic rings. The Morgan fingerprint density at radius 1 is 1.69 bits per heavy atom. The molecule has 0 aromatic carbocycles. The molecular weight excluding hydrogens is 246 g/mol. The number of aromatic nitrogens is 1. The number of hydrogen-bond donors (Lipinski definition) is 2. The van der Waals surface area contributed by atoms with Crippen LogP contribution in [0.3, 0.4) is 0 Å². The van der Waals surface area contributed by atoms with Crippen LogP contribution in [0.25, 0.3) is 0 Å². The van der Waals surface area contributed by atoms with Crippen LogP contribution >= 0.6 is 23.7 Å². The molecule has 0 spiro atoms. The van der Waals surface area contributed by atoms with E-state index in [0.717, 1.165) is 30.9 Å². The van der Waals surface area contributed by atoms with Crippen molar-refractivity contribution in [2.75, 3.05) is 13.1 Å². The van der Waals surface area contributed by atoms with Crippen molar-refractivity contribution >= 4 is 29.7 Å². The molecule has 0 unspecified atom stereocenters. The van der Waals surface area contributed by atoms with Crippen molar-refractivity contribution in [3.05, 3.63) is 16.1 Å². The number of hydrogen-bond acceptors (Lipinski definition) is 4. The number of carbonyl (C=O) groups excluding carboxylic acids is 1. The number of piperidine rings is 1. The first-order valence-electron chi connectivity index (χ1n) is 5.20. The molecular formula is C10H16ClN3OS. The number of aryl methyl sites for hydroxylation is 1. The van der Waals surface area contributed by atoms with Crippen LogP contribution in [0.4, 0.5) is 0 Å². The van der Waals surface area contributed by atoms with Gasteiger partial charge in [0.25, 0.3) is 5.91 Å². The highest BCUT2D eigenvalue weighted by Crippen LogP contribution is 2.12. The Balaban J connectivity index is 0.00000128. The summed E-state index contributed by atoms with van der Waals surface area (Å²) in [6.45, 7) is 3.85. The largest absolute Gasteiger partial charge is 0.347 e. The molecule has 1 fully saturated rings. The van der Waals surface area contributed by atoms with Gasteiger partial charge in [0, 0.05) is 12.6 Å². The van der Waals surface area contributed by atoms with Crippen LogP contribution in [-0.2, 0) is 0 Å². The highest BCUT2D eigenvalue weighted by molar-refractivity contribution is 7.13. The molecule has 2 N–H and O–H groups in total. The molecule has 1 aromatic heterocycles. The molecule has 0 radical (unpaired) electrons. The van der Waals surface area contributed by atoms with Gasteiger partial charge in [0.1, 0.15) is 4.88 Å². The third-order valence-corrected chi connectivity index (χ3v) is 3.39. The van der Waals surface area contributed by atoms with E-state index in [1.165, 1.54) is 11.3 Å². The normalized spacial score (nSPS) is 19.9. The third-order valence-electron chi connectivity index (χ3n) is 2.48. The fraction of sp³-hybridized carbons (Fsp3) is 0.600. The molecule has 0 bridgehead atoms. The second-order valence-corrected chi connectivity index (χ2v) is 5.00. The standard InChI is InChI=1S/C10H15N3OS.ClH/c1-7-12-6-9(15-7)10(14)13-8-3-2-4-11-5-8;/h6,8,11H,2-5H2,1H3,(H,13,14);1H/t8-;/m0./s1. The monoisotopic (exact) mass is 261 g/mol. The summed E-state index contributed by atoms with van der Waals surface area (Å²) in [6.07, 6.45) is 3.84. The minimum Gasteiger partial charge on any atom is -0.347 e. The topological polar surface area (TPSA) is 54.0 Å². The summed E-state index contributed by atoms with van der Waals surface area (Å²) in [4.78, 5) is 16.5. The number of nitrogens with one attached hydrogen (secondary N) is 2. The Kier molecular flexibility index (Phi) is 5.18. The number of nitrogens with zero attached hydrogens (tertiary/aromatic N) is 1. The van der Waals surface area contributed by atoms with Gasteiger partial charge < -0.3 is 10.6 Å². The van der Waals surface area contributed by atoms with Gasteiger partial charge in [-0.25, -0.2) is 4.98 Å². The lowest BCUT2D eigenvalue weighted by Crippen LogP contribution is -2.45. The number of halogens is 1. The van der Waals surface area contributed by atoms with E-state index in [4.69, 9.17) is 0 Å². The van der Waals surface area contributed by atoms with E-state index in [1.54, 1.807) is 6.20 Å². The zero-order chi connectivity index (χ0) is 10.7. The quantitative estimate of drug-likeness (QED) is 0.845. The summed E-state index contributed by atoms with van der Waals surface area (Å²) in [5.41, 5.74) is 0. The maximum Gasteiger partial charge on any atom is 0.263 e. The second kappa shape index (κ2) is 6.18. The van der Waals surface area contributed by atoms with E-state index in [-0.39, 0.29) is 24.4 Å². The summed E-state index contributed by atoms with van der Waals surface area (Å²) in [6, 6.07) is 0.272. The van der Waals surface area contributed by atoms with Crippen LogP contribution in [0, 0.1) is 6.92 Å². The van der Waals surface area contributed by atoms with Crippen LogP contribution in [-0.4, -0.2) is 30.0 Å². The van der Waals surface area contributed by atoms with E-state index < -0.39 is 0 Å². The predicted molar refractivity (Wildman–Crippen MR) is 67.5 cm³/mol. The number of amides is 1. The van der Waals surface area contributed by atoms with Gasteiger partial charge in [-0.2, -0.15) is 0 Å². The highest BCUT2D eigenvalue weighted by atomic mass is 35.5. The zero-order valence-electron chi connectivity index (χ0n) is 9.16. The predicted octanol–water partition coefficient (Wildman–Crippen LogP) is 1.36. The van der Waals surface area contributed by atoms with E-state index in [0.29, 0.717) is 4.88 Å². The molecule has 1 aromatic rings. The smallest absolute Gasteiger partial charge is 0.263 e. The minimum atomic E-state index is 0. The van der Waals surface area contributed by atoms with E-state index in [9.17, 15) is 4.79 Å². The van der Waals surface area contributed by atoms with Crippen molar-refractivity contribution in [2.45, 2.75) is 25.8 Å². The molecule has 1 atom stereocenters. The van der Waals surface area contributed by atoms with Gasteiger partial charge in [0.15, 0.2) is 0 Å². The van der Waals surface area contributed by atoms with Crippen molar-refractivity contribution in [2.24, 2.45) is 0 Å². The SMILES string of the molecule is Cc1ncc(C(=O)N[C@H]2CCCNC2)s1.Cl. The van der Waals surface area contributed by atoms with E-state index >= 15 is 0 Å². The number of carbonyl (C=O) groups is 1. The van der Waals surface area contributed by atoms with Gasteiger partial charge in [-0.1, -0.05) is 0 Å². The Morgan fingerprint density at radius 2 is 2.50 bits per heavy atom. The molecule has 2 heterocycles. The first-order valence-corrected chi connectivity index (χ1v) is 6.01. The van der Waals surface area contributed by atoms with Crippen LogP contribution in [0.15, 0.2) is 6.20 Å². The maximum atomic E-state index is 11.8. The molecule has 1 aliphatic heterocycles. The molecule has 4 nitrogen and oxygen atoms in total. The van der Waals surface area contributed by atoms with Crippen molar-refractivity contribution in [1.82, 2.24) is 15.6 Å². The number of thiazole rings is 1. The van der Waals surface area contributed by atoms with Gasteiger partial charge in [-0.05, 0) is 26.3 Å². The Hall–Kier alpha value is -0.650. The summed E-state index contributed by atoms with van der Waals surface area (Å²) >= 11 is 1.44. The summed E-state index contributed by atoms with van der Waals surface area (Å²) in [7, 11) is 0. The first kappa shape index (κ1) is 13.4. The molecule has 90 valence electrons. The van der Waals surface area contributed by atoms with Crippen molar-refractivity contribution in [1.29, 1.82) is 0 Å². The van der Waals surface area contributed by atoms with Gasteiger partial charge in [-0.3, -0.25) is 4.79 Å². The summed E-state index contributed by atoms with van der Waals surface area (Å²) < 4.78 is 0. The lowest BCUT2D eigenvalue weighted by Gasteiger charge is -2.23. The second-order valence-electron chi connectivity index (χ2n) is 3.76. The lowest BCUT2D eigenvalue weighted by molar-refractivity contribution is 0.0934. The van der Waals surface area contributed by atoms with Crippen LogP contribution in [0.1, 0.15) is 27.5 Å². The van der Waals surface area contributed by atoms with Crippen molar-refractivity contribution in [3.63, 3.8) is 0 Å². The summed E-state index contributed by atoms with van der Waals surface area (Å²) in [5, 5.41) is 7.22. The highest BCUT2D eigenvalue weighted by Gasteiger charge is 2.17. The average molecular weight is 262 g/mol. The minimum absolute atomic E-state index is 0. The molecule has 1 saturated heterocycles.